The average molecular weight is 214 g/mol. The SMILES string of the molecule is c1ccc2cc(ON3CCCN3)ccc2c1. The first kappa shape index (κ1) is 9.63. The summed E-state index contributed by atoms with van der Waals surface area (Å²) in [6.45, 7) is 1.93. The van der Waals surface area contributed by atoms with Crippen molar-refractivity contribution in [3.8, 4) is 5.75 Å². The molecular formula is C13H14N2O. The Labute approximate surface area is 94.5 Å². The van der Waals surface area contributed by atoms with Gasteiger partial charge in [-0.15, -0.1) is 0 Å². The van der Waals surface area contributed by atoms with Crippen molar-refractivity contribution >= 4 is 10.8 Å². The van der Waals surface area contributed by atoms with Gasteiger partial charge in [-0.25, -0.2) is 5.43 Å². The van der Waals surface area contributed by atoms with Gasteiger partial charge in [0.25, 0.3) is 0 Å². The number of hydrazine groups is 1. The van der Waals surface area contributed by atoms with Gasteiger partial charge in [-0.1, -0.05) is 35.5 Å². The van der Waals surface area contributed by atoms with Crippen LogP contribution in [0.1, 0.15) is 6.42 Å². The van der Waals surface area contributed by atoms with E-state index in [1.807, 2.05) is 18.2 Å². The highest BCUT2D eigenvalue weighted by Gasteiger charge is 2.12. The first-order valence-corrected chi connectivity index (χ1v) is 5.60. The summed E-state index contributed by atoms with van der Waals surface area (Å²) in [5, 5.41) is 4.24. The van der Waals surface area contributed by atoms with E-state index in [0.29, 0.717) is 0 Å². The van der Waals surface area contributed by atoms with E-state index < -0.39 is 0 Å². The van der Waals surface area contributed by atoms with E-state index in [0.717, 1.165) is 25.3 Å². The van der Waals surface area contributed by atoms with Crippen molar-refractivity contribution in [3.05, 3.63) is 42.5 Å². The van der Waals surface area contributed by atoms with Crippen molar-refractivity contribution in [2.45, 2.75) is 6.42 Å². The molecule has 0 amide bonds. The minimum Gasteiger partial charge on any atom is -0.391 e. The summed E-state index contributed by atoms with van der Waals surface area (Å²) in [6, 6.07) is 14.4. The van der Waals surface area contributed by atoms with Crippen LogP contribution in [0.2, 0.25) is 0 Å². The lowest BCUT2D eigenvalue weighted by atomic mass is 10.1. The first-order valence-electron chi connectivity index (χ1n) is 5.60. The molecule has 82 valence electrons. The zero-order valence-electron chi connectivity index (χ0n) is 9.02. The molecule has 0 unspecified atom stereocenters. The molecule has 0 atom stereocenters. The number of rotatable bonds is 2. The van der Waals surface area contributed by atoms with E-state index in [-0.39, 0.29) is 0 Å². The topological polar surface area (TPSA) is 24.5 Å². The molecule has 3 rings (SSSR count). The van der Waals surface area contributed by atoms with E-state index >= 15 is 0 Å². The van der Waals surface area contributed by atoms with Crippen LogP contribution >= 0.6 is 0 Å². The molecule has 1 aliphatic heterocycles. The Morgan fingerprint density at radius 2 is 1.94 bits per heavy atom. The van der Waals surface area contributed by atoms with Gasteiger partial charge in [0.05, 0.1) is 6.54 Å². The number of benzene rings is 2. The highest BCUT2D eigenvalue weighted by atomic mass is 16.7. The molecule has 2 aromatic carbocycles. The molecule has 0 aromatic heterocycles. The Kier molecular flexibility index (Phi) is 2.48. The fourth-order valence-electron chi connectivity index (χ4n) is 1.93. The zero-order chi connectivity index (χ0) is 10.8. The molecule has 1 aliphatic rings. The molecule has 1 heterocycles. The zero-order valence-corrected chi connectivity index (χ0v) is 9.02. The van der Waals surface area contributed by atoms with Crippen LogP contribution in [0.3, 0.4) is 0 Å². The van der Waals surface area contributed by atoms with Crippen LogP contribution in [0.25, 0.3) is 10.8 Å². The van der Waals surface area contributed by atoms with Crippen LogP contribution < -0.4 is 10.3 Å². The number of hydrogen-bond acceptors (Lipinski definition) is 3. The third kappa shape index (κ3) is 1.87. The van der Waals surface area contributed by atoms with Gasteiger partial charge in [-0.3, -0.25) is 0 Å². The lowest BCUT2D eigenvalue weighted by molar-refractivity contribution is -0.0784. The van der Waals surface area contributed by atoms with Gasteiger partial charge in [0.15, 0.2) is 0 Å². The molecule has 2 aromatic rings. The summed E-state index contributed by atoms with van der Waals surface area (Å²) in [7, 11) is 0. The molecule has 0 saturated carbocycles. The predicted molar refractivity (Wildman–Crippen MR) is 63.9 cm³/mol. The molecule has 3 nitrogen and oxygen atoms in total. The standard InChI is InChI=1S/C13H14N2O/c1-2-5-12-10-13(7-6-11(12)4-1)16-15-9-3-8-14-15/h1-2,4-7,10,14H,3,8-9H2. The molecule has 1 saturated heterocycles. The third-order valence-corrected chi connectivity index (χ3v) is 2.76. The predicted octanol–water partition coefficient (Wildman–Crippen LogP) is 2.34. The molecule has 1 fully saturated rings. The largest absolute Gasteiger partial charge is 0.391 e. The Balaban J connectivity index is 1.86. The Bertz CT molecular complexity index is 492. The second-order valence-electron chi connectivity index (χ2n) is 3.96. The van der Waals surface area contributed by atoms with E-state index in [9.17, 15) is 0 Å². The van der Waals surface area contributed by atoms with Crippen LogP contribution in [0, 0.1) is 0 Å². The summed E-state index contributed by atoms with van der Waals surface area (Å²) in [6.07, 6.45) is 1.13. The summed E-state index contributed by atoms with van der Waals surface area (Å²) >= 11 is 0. The Hall–Kier alpha value is -1.58. The van der Waals surface area contributed by atoms with Crippen LogP contribution in [0.15, 0.2) is 42.5 Å². The minimum atomic E-state index is 0.883. The first-order chi connectivity index (χ1) is 7.92. The maximum atomic E-state index is 5.71. The fraction of sp³-hybridized carbons (Fsp3) is 0.231. The Morgan fingerprint density at radius 1 is 1.06 bits per heavy atom. The normalized spacial score (nSPS) is 16.8. The van der Waals surface area contributed by atoms with Crippen molar-refractivity contribution in [1.82, 2.24) is 10.6 Å². The lowest BCUT2D eigenvalue weighted by Gasteiger charge is -2.16. The third-order valence-electron chi connectivity index (χ3n) is 2.76. The molecule has 0 bridgehead atoms. The summed E-state index contributed by atoms with van der Waals surface area (Å²) in [4.78, 5) is 5.71. The molecule has 1 N–H and O–H groups in total. The van der Waals surface area contributed by atoms with Crippen LogP contribution in [-0.4, -0.2) is 18.3 Å². The van der Waals surface area contributed by atoms with Crippen LogP contribution in [0.5, 0.6) is 5.75 Å². The van der Waals surface area contributed by atoms with Gasteiger partial charge >= 0.3 is 0 Å². The quantitative estimate of drug-likeness (QED) is 0.830. The maximum Gasteiger partial charge on any atom is 0.149 e. The van der Waals surface area contributed by atoms with Gasteiger partial charge in [0.2, 0.25) is 0 Å². The molecule has 0 aliphatic carbocycles. The number of hydrogen-bond donors (Lipinski definition) is 1. The highest BCUT2D eigenvalue weighted by Crippen LogP contribution is 2.21. The maximum absolute atomic E-state index is 5.71. The van der Waals surface area contributed by atoms with Crippen LogP contribution in [0.4, 0.5) is 0 Å². The second kappa shape index (κ2) is 4.12. The number of hydroxylamine groups is 1. The molecule has 16 heavy (non-hydrogen) atoms. The van der Waals surface area contributed by atoms with Crippen LogP contribution in [-0.2, 0) is 0 Å². The van der Waals surface area contributed by atoms with E-state index in [1.54, 1.807) is 5.17 Å². The lowest BCUT2D eigenvalue weighted by Crippen LogP contribution is -2.33. The van der Waals surface area contributed by atoms with Gasteiger partial charge in [-0.05, 0) is 29.3 Å². The Morgan fingerprint density at radius 3 is 2.75 bits per heavy atom. The van der Waals surface area contributed by atoms with Crippen molar-refractivity contribution in [3.63, 3.8) is 0 Å². The van der Waals surface area contributed by atoms with Gasteiger partial charge in [0, 0.05) is 6.54 Å². The van der Waals surface area contributed by atoms with Gasteiger partial charge < -0.3 is 4.84 Å². The second-order valence-corrected chi connectivity index (χ2v) is 3.96. The number of nitrogens with one attached hydrogen (secondary N) is 1. The summed E-state index contributed by atoms with van der Waals surface area (Å²) in [5.74, 6) is 0.883. The van der Waals surface area contributed by atoms with Crippen molar-refractivity contribution < 1.29 is 4.84 Å². The van der Waals surface area contributed by atoms with Gasteiger partial charge in [-0.2, -0.15) is 0 Å². The van der Waals surface area contributed by atoms with E-state index in [4.69, 9.17) is 4.84 Å². The smallest absolute Gasteiger partial charge is 0.149 e. The molecular weight excluding hydrogens is 200 g/mol. The van der Waals surface area contributed by atoms with Gasteiger partial charge in [0.1, 0.15) is 5.75 Å². The monoisotopic (exact) mass is 214 g/mol. The number of fused-ring (bicyclic) bond motifs is 1. The van der Waals surface area contributed by atoms with E-state index in [1.165, 1.54) is 10.8 Å². The van der Waals surface area contributed by atoms with Crippen molar-refractivity contribution in [2.24, 2.45) is 0 Å². The average Bonchev–Trinajstić information content (AvgIpc) is 2.82. The highest BCUT2D eigenvalue weighted by molar-refractivity contribution is 5.83. The summed E-state index contributed by atoms with van der Waals surface area (Å²) < 4.78 is 0. The van der Waals surface area contributed by atoms with E-state index in [2.05, 4.69) is 29.7 Å². The minimum absolute atomic E-state index is 0.883. The molecule has 3 heteroatoms. The number of nitrogens with zero attached hydrogens (tertiary/aromatic N) is 1. The van der Waals surface area contributed by atoms with Crippen molar-refractivity contribution in [1.29, 1.82) is 0 Å². The molecule has 0 radical (unpaired) electrons. The fourth-order valence-corrected chi connectivity index (χ4v) is 1.93. The summed E-state index contributed by atoms with van der Waals surface area (Å²) in [5.41, 5.74) is 3.16. The molecule has 0 spiro atoms. The van der Waals surface area contributed by atoms with Crippen molar-refractivity contribution in [2.75, 3.05) is 13.1 Å².